The molecule has 5 nitrogen and oxygen atoms in total. The molecule has 3 rings (SSSR count). The molecule has 0 spiro atoms. The van der Waals surface area contributed by atoms with Crippen LogP contribution < -0.4 is 11.1 Å². The summed E-state index contributed by atoms with van der Waals surface area (Å²) in [5, 5.41) is 6.28. The van der Waals surface area contributed by atoms with E-state index < -0.39 is 0 Å². The average Bonchev–Trinajstić information content (AvgIpc) is 3.12. The minimum Gasteiger partial charge on any atom is -0.370 e. The van der Waals surface area contributed by atoms with Crippen LogP contribution in [0.5, 0.6) is 0 Å². The van der Waals surface area contributed by atoms with Crippen molar-refractivity contribution < 1.29 is 0 Å². The lowest BCUT2D eigenvalue weighted by atomic mass is 10.2. The Balaban J connectivity index is 1.42. The number of hydrogen-bond acceptors (Lipinski definition) is 4. The topological polar surface area (TPSA) is 76.2 Å². The van der Waals surface area contributed by atoms with Crippen LogP contribution in [0.1, 0.15) is 11.4 Å². The molecule has 6 heteroatoms. The van der Waals surface area contributed by atoms with Gasteiger partial charge in [-0.2, -0.15) is 0 Å². The highest BCUT2D eigenvalue weighted by Gasteiger charge is 2.04. The first-order chi connectivity index (χ1) is 12.3. The Bertz CT molecular complexity index is 799. The van der Waals surface area contributed by atoms with E-state index in [2.05, 4.69) is 37.8 Å². The standard InChI is InChI=1S/C19H21N5S/c20-19(22-12-9-16-8-4-5-11-21-16)23-13-10-17-14-25-18(24-17)15-6-2-1-3-7-15/h1-8,11,14H,9-10,12-13H2,(H3,20,22,23). The number of aliphatic imine (C=N–C) groups is 1. The molecule has 0 saturated heterocycles. The molecule has 0 atom stereocenters. The number of nitrogens with zero attached hydrogens (tertiary/aromatic N) is 3. The van der Waals surface area contributed by atoms with Crippen molar-refractivity contribution >= 4 is 17.3 Å². The molecule has 3 aromatic rings. The van der Waals surface area contributed by atoms with Crippen molar-refractivity contribution in [2.45, 2.75) is 12.8 Å². The predicted octanol–water partition coefficient (Wildman–Crippen LogP) is 2.89. The molecule has 1 aromatic carbocycles. The number of benzene rings is 1. The molecule has 3 N–H and O–H groups in total. The number of aromatic nitrogens is 2. The van der Waals surface area contributed by atoms with Crippen molar-refractivity contribution in [1.82, 2.24) is 15.3 Å². The normalized spacial score (nSPS) is 11.4. The van der Waals surface area contributed by atoms with Crippen molar-refractivity contribution in [3.8, 4) is 10.6 Å². The maximum Gasteiger partial charge on any atom is 0.188 e. The first-order valence-corrected chi connectivity index (χ1v) is 9.13. The maximum atomic E-state index is 5.90. The first kappa shape index (κ1) is 17.1. The van der Waals surface area contributed by atoms with Gasteiger partial charge < -0.3 is 11.1 Å². The average molecular weight is 351 g/mol. The van der Waals surface area contributed by atoms with Gasteiger partial charge in [0.25, 0.3) is 0 Å². The fraction of sp³-hybridized carbons (Fsp3) is 0.211. The monoisotopic (exact) mass is 351 g/mol. The Hall–Kier alpha value is -2.73. The van der Waals surface area contributed by atoms with E-state index in [1.54, 1.807) is 17.5 Å². The summed E-state index contributed by atoms with van der Waals surface area (Å²) in [4.78, 5) is 13.3. The van der Waals surface area contributed by atoms with Crippen LogP contribution in [-0.2, 0) is 12.8 Å². The Kier molecular flexibility index (Phi) is 6.11. The van der Waals surface area contributed by atoms with Crippen molar-refractivity contribution in [3.63, 3.8) is 0 Å². The molecule has 0 unspecified atom stereocenters. The Morgan fingerprint density at radius 3 is 2.68 bits per heavy atom. The first-order valence-electron chi connectivity index (χ1n) is 8.25. The molecule has 0 aliphatic heterocycles. The Morgan fingerprint density at radius 1 is 1.04 bits per heavy atom. The second kappa shape index (κ2) is 8.94. The summed E-state index contributed by atoms with van der Waals surface area (Å²) in [5.74, 6) is 0.467. The van der Waals surface area contributed by atoms with Crippen molar-refractivity contribution in [3.05, 3.63) is 71.5 Å². The second-order valence-corrected chi connectivity index (χ2v) is 6.38. The van der Waals surface area contributed by atoms with Crippen molar-refractivity contribution in [2.75, 3.05) is 13.1 Å². The molecule has 25 heavy (non-hydrogen) atoms. The van der Waals surface area contributed by atoms with Gasteiger partial charge in [-0.1, -0.05) is 36.4 Å². The zero-order valence-electron chi connectivity index (χ0n) is 13.9. The molecule has 0 fully saturated rings. The third-order valence-corrected chi connectivity index (χ3v) is 4.58. The third-order valence-electron chi connectivity index (χ3n) is 3.64. The van der Waals surface area contributed by atoms with E-state index >= 15 is 0 Å². The number of thiazole rings is 1. The quantitative estimate of drug-likeness (QED) is 0.507. The molecule has 0 aliphatic rings. The molecule has 0 amide bonds. The zero-order valence-corrected chi connectivity index (χ0v) is 14.7. The number of guanidine groups is 1. The molecular formula is C19H21N5S. The van der Waals surface area contributed by atoms with Gasteiger partial charge in [0.05, 0.1) is 5.69 Å². The highest BCUT2D eigenvalue weighted by atomic mass is 32.1. The van der Waals surface area contributed by atoms with Gasteiger partial charge >= 0.3 is 0 Å². The lowest BCUT2D eigenvalue weighted by Crippen LogP contribution is -2.33. The minimum absolute atomic E-state index is 0.467. The van der Waals surface area contributed by atoms with E-state index in [0.29, 0.717) is 12.5 Å². The summed E-state index contributed by atoms with van der Waals surface area (Å²) < 4.78 is 0. The van der Waals surface area contributed by atoms with E-state index in [4.69, 9.17) is 5.73 Å². The molecule has 2 aromatic heterocycles. The SMILES string of the molecule is NC(=NCCc1ccccn1)NCCc1csc(-c2ccccc2)n1. The summed E-state index contributed by atoms with van der Waals surface area (Å²) >= 11 is 1.67. The van der Waals surface area contributed by atoms with Crippen molar-refractivity contribution in [1.29, 1.82) is 0 Å². The second-order valence-electron chi connectivity index (χ2n) is 5.52. The molecule has 0 radical (unpaired) electrons. The van der Waals surface area contributed by atoms with E-state index in [-0.39, 0.29) is 0 Å². The highest BCUT2D eigenvalue weighted by Crippen LogP contribution is 2.23. The van der Waals surface area contributed by atoms with Crippen LogP contribution in [-0.4, -0.2) is 29.0 Å². The summed E-state index contributed by atoms with van der Waals surface area (Å²) in [6.07, 6.45) is 3.40. The Morgan fingerprint density at radius 2 is 1.88 bits per heavy atom. The van der Waals surface area contributed by atoms with Gasteiger partial charge in [-0.05, 0) is 12.1 Å². The summed E-state index contributed by atoms with van der Waals surface area (Å²) in [6.45, 7) is 1.35. The van der Waals surface area contributed by atoms with E-state index in [9.17, 15) is 0 Å². The summed E-state index contributed by atoms with van der Waals surface area (Å²) in [7, 11) is 0. The fourth-order valence-corrected chi connectivity index (χ4v) is 3.21. The number of hydrogen-bond donors (Lipinski definition) is 2. The molecule has 2 heterocycles. The zero-order chi connectivity index (χ0) is 17.3. The van der Waals surface area contributed by atoms with Gasteiger partial charge in [-0.25, -0.2) is 4.98 Å². The molecular weight excluding hydrogens is 330 g/mol. The lowest BCUT2D eigenvalue weighted by Gasteiger charge is -2.04. The third kappa shape index (κ3) is 5.39. The van der Waals surface area contributed by atoms with E-state index in [0.717, 1.165) is 41.3 Å². The van der Waals surface area contributed by atoms with Gasteiger partial charge in [-0.15, -0.1) is 11.3 Å². The van der Waals surface area contributed by atoms with Crippen LogP contribution in [0.2, 0.25) is 0 Å². The van der Waals surface area contributed by atoms with Gasteiger partial charge in [0.2, 0.25) is 0 Å². The lowest BCUT2D eigenvalue weighted by molar-refractivity contribution is 0.827. The largest absolute Gasteiger partial charge is 0.370 e. The summed E-state index contributed by atoms with van der Waals surface area (Å²) in [5.41, 5.74) is 9.14. The molecule has 0 aliphatic carbocycles. The minimum atomic E-state index is 0.467. The van der Waals surface area contributed by atoms with Gasteiger partial charge in [0.15, 0.2) is 5.96 Å². The van der Waals surface area contributed by atoms with Crippen LogP contribution >= 0.6 is 11.3 Å². The van der Waals surface area contributed by atoms with Crippen molar-refractivity contribution in [2.24, 2.45) is 10.7 Å². The number of pyridine rings is 1. The Labute approximate surface area is 151 Å². The fourth-order valence-electron chi connectivity index (χ4n) is 2.35. The molecule has 128 valence electrons. The van der Waals surface area contributed by atoms with Crippen LogP contribution in [0.3, 0.4) is 0 Å². The summed E-state index contributed by atoms with van der Waals surface area (Å²) in [6, 6.07) is 16.1. The maximum absolute atomic E-state index is 5.90. The van der Waals surface area contributed by atoms with Crippen LogP contribution in [0.25, 0.3) is 10.6 Å². The smallest absolute Gasteiger partial charge is 0.188 e. The highest BCUT2D eigenvalue weighted by molar-refractivity contribution is 7.13. The number of nitrogens with two attached hydrogens (primary N) is 1. The van der Waals surface area contributed by atoms with Gasteiger partial charge in [0, 0.05) is 48.8 Å². The van der Waals surface area contributed by atoms with Crippen LogP contribution in [0, 0.1) is 0 Å². The molecule has 0 saturated carbocycles. The molecule has 0 bridgehead atoms. The van der Waals surface area contributed by atoms with E-state index in [1.807, 2.05) is 36.4 Å². The van der Waals surface area contributed by atoms with Gasteiger partial charge in [0.1, 0.15) is 5.01 Å². The van der Waals surface area contributed by atoms with Gasteiger partial charge in [-0.3, -0.25) is 9.98 Å². The van der Waals surface area contributed by atoms with Crippen LogP contribution in [0.15, 0.2) is 65.1 Å². The number of rotatable bonds is 7. The predicted molar refractivity (Wildman–Crippen MR) is 104 cm³/mol. The van der Waals surface area contributed by atoms with Crippen LogP contribution in [0.4, 0.5) is 0 Å². The van der Waals surface area contributed by atoms with E-state index in [1.165, 1.54) is 0 Å². The number of nitrogens with one attached hydrogen (secondary N) is 1.